The van der Waals surface area contributed by atoms with Crippen LogP contribution in [0, 0.1) is 5.92 Å². The van der Waals surface area contributed by atoms with E-state index in [-0.39, 0.29) is 12.0 Å². The highest BCUT2D eigenvalue weighted by molar-refractivity contribution is 5.82. The minimum atomic E-state index is -4.37. The van der Waals surface area contributed by atoms with Crippen LogP contribution in [0.1, 0.15) is 26.7 Å². The summed E-state index contributed by atoms with van der Waals surface area (Å²) < 4.78 is 42.3. The zero-order valence-corrected chi connectivity index (χ0v) is 12.2. The van der Waals surface area contributed by atoms with Gasteiger partial charge < -0.3 is 15.0 Å². The molecule has 4 nitrogen and oxygen atoms in total. The first-order valence-electron chi connectivity index (χ1n) is 6.86. The second-order valence-corrected chi connectivity index (χ2v) is 5.58. The lowest BCUT2D eigenvalue weighted by Crippen LogP contribution is -2.53. The van der Waals surface area contributed by atoms with Crippen LogP contribution in [0.5, 0.6) is 0 Å². The van der Waals surface area contributed by atoms with E-state index in [9.17, 15) is 18.0 Å². The molecule has 1 amide bonds. The van der Waals surface area contributed by atoms with Gasteiger partial charge >= 0.3 is 6.18 Å². The number of alkyl halides is 3. The van der Waals surface area contributed by atoms with Crippen molar-refractivity contribution >= 4 is 5.91 Å². The van der Waals surface area contributed by atoms with E-state index in [1.54, 1.807) is 0 Å². The second-order valence-electron chi connectivity index (χ2n) is 5.58. The number of hydrogen-bond acceptors (Lipinski definition) is 3. The van der Waals surface area contributed by atoms with E-state index < -0.39 is 24.7 Å². The summed E-state index contributed by atoms with van der Waals surface area (Å²) in [6.07, 6.45) is -2.82. The lowest BCUT2D eigenvalue weighted by molar-refractivity contribution is -0.160. The van der Waals surface area contributed by atoms with Crippen LogP contribution in [0.25, 0.3) is 0 Å². The molecule has 1 rings (SSSR count). The maximum atomic E-state index is 12.4. The molecule has 0 aromatic rings. The van der Waals surface area contributed by atoms with E-state index >= 15 is 0 Å². The van der Waals surface area contributed by atoms with Crippen LogP contribution >= 0.6 is 0 Å². The molecule has 7 heteroatoms. The Kier molecular flexibility index (Phi) is 6.26. The lowest BCUT2D eigenvalue weighted by Gasteiger charge is -2.32. The maximum absolute atomic E-state index is 12.4. The summed E-state index contributed by atoms with van der Waals surface area (Å²) in [6, 6.07) is -0.468. The van der Waals surface area contributed by atoms with Crippen LogP contribution in [0.4, 0.5) is 13.2 Å². The first-order chi connectivity index (χ1) is 9.20. The van der Waals surface area contributed by atoms with Crippen LogP contribution in [0.3, 0.4) is 0 Å². The summed E-state index contributed by atoms with van der Waals surface area (Å²) in [5, 5.41) is 3.18. The Morgan fingerprint density at radius 2 is 1.90 bits per heavy atom. The van der Waals surface area contributed by atoms with Crippen molar-refractivity contribution < 1.29 is 22.7 Å². The highest BCUT2D eigenvalue weighted by Crippen LogP contribution is 2.18. The molecule has 0 radical (unpaired) electrons. The molecular formula is C13H23F3N2O2. The highest BCUT2D eigenvalue weighted by atomic mass is 19.4. The standard InChI is InChI=1S/C13H23F3N2O2/c1-9(2)11(17-10-4-6-20-7-5-10)12(19)18(3)8-13(14,15)16/h9-11,17H,4-8H2,1-3H3/t11-/m1/s1. The normalized spacial score (nSPS) is 19.1. The third-order valence-electron chi connectivity index (χ3n) is 3.36. The molecule has 1 atom stereocenters. The Balaban J connectivity index is 2.62. The number of nitrogens with zero attached hydrogens (tertiary/aromatic N) is 1. The molecule has 0 aromatic heterocycles. The van der Waals surface area contributed by atoms with Gasteiger partial charge in [0.2, 0.25) is 5.91 Å². The van der Waals surface area contributed by atoms with Crippen LogP contribution in [0.2, 0.25) is 0 Å². The number of likely N-dealkylation sites (N-methyl/N-ethyl adjacent to an activating group) is 1. The topological polar surface area (TPSA) is 41.6 Å². The van der Waals surface area contributed by atoms with Gasteiger partial charge in [0.25, 0.3) is 0 Å². The van der Waals surface area contributed by atoms with E-state index in [1.165, 1.54) is 7.05 Å². The number of carbonyl (C=O) groups is 1. The van der Waals surface area contributed by atoms with Crippen LogP contribution in [-0.4, -0.2) is 55.9 Å². The van der Waals surface area contributed by atoms with Gasteiger partial charge in [0.05, 0.1) is 6.04 Å². The molecule has 0 spiro atoms. The summed E-state index contributed by atoms with van der Waals surface area (Å²) in [6.45, 7) is 3.68. The summed E-state index contributed by atoms with van der Waals surface area (Å²) >= 11 is 0. The molecule has 0 aromatic carbocycles. The Morgan fingerprint density at radius 1 is 1.35 bits per heavy atom. The van der Waals surface area contributed by atoms with Gasteiger partial charge in [0, 0.05) is 26.3 Å². The van der Waals surface area contributed by atoms with Crippen molar-refractivity contribution in [2.24, 2.45) is 5.92 Å². The Labute approximate surface area is 117 Å². The molecule has 0 unspecified atom stereocenters. The van der Waals surface area contributed by atoms with Crippen LogP contribution in [-0.2, 0) is 9.53 Å². The van der Waals surface area contributed by atoms with Crippen molar-refractivity contribution in [2.45, 2.75) is 44.9 Å². The van der Waals surface area contributed by atoms with Crippen molar-refractivity contribution in [3.8, 4) is 0 Å². The van der Waals surface area contributed by atoms with E-state index in [0.29, 0.717) is 13.2 Å². The van der Waals surface area contributed by atoms with E-state index in [1.807, 2.05) is 13.8 Å². The Bertz CT molecular complexity index is 315. The van der Waals surface area contributed by atoms with E-state index in [2.05, 4.69) is 5.32 Å². The third-order valence-corrected chi connectivity index (χ3v) is 3.36. The summed E-state index contributed by atoms with van der Waals surface area (Å²) in [5.41, 5.74) is 0. The smallest absolute Gasteiger partial charge is 0.381 e. The monoisotopic (exact) mass is 296 g/mol. The average Bonchev–Trinajstić information content (AvgIpc) is 2.34. The number of ether oxygens (including phenoxy) is 1. The fourth-order valence-corrected chi connectivity index (χ4v) is 2.25. The highest BCUT2D eigenvalue weighted by Gasteiger charge is 2.35. The summed E-state index contributed by atoms with van der Waals surface area (Å²) in [4.78, 5) is 12.9. The predicted octanol–water partition coefficient (Wildman–Crippen LogP) is 1.80. The average molecular weight is 296 g/mol. The van der Waals surface area contributed by atoms with E-state index in [0.717, 1.165) is 17.7 Å². The van der Waals surface area contributed by atoms with Crippen LogP contribution < -0.4 is 5.32 Å². The molecule has 0 bridgehead atoms. The van der Waals surface area contributed by atoms with Gasteiger partial charge in [0.1, 0.15) is 6.54 Å². The van der Waals surface area contributed by atoms with Gasteiger partial charge in [-0.25, -0.2) is 0 Å². The molecule has 118 valence electrons. The predicted molar refractivity (Wildman–Crippen MR) is 69.3 cm³/mol. The van der Waals surface area contributed by atoms with Crippen molar-refractivity contribution in [2.75, 3.05) is 26.8 Å². The zero-order valence-electron chi connectivity index (χ0n) is 12.2. The number of halogens is 3. The minimum Gasteiger partial charge on any atom is -0.381 e. The third kappa shape index (κ3) is 5.66. The first kappa shape index (κ1) is 17.2. The number of nitrogens with one attached hydrogen (secondary N) is 1. The Morgan fingerprint density at radius 3 is 2.35 bits per heavy atom. The van der Waals surface area contributed by atoms with Crippen LogP contribution in [0.15, 0.2) is 0 Å². The van der Waals surface area contributed by atoms with Gasteiger partial charge in [0.15, 0.2) is 0 Å². The molecule has 1 aliphatic rings. The number of amides is 1. The molecule has 1 heterocycles. The van der Waals surface area contributed by atoms with Crippen molar-refractivity contribution in [3.63, 3.8) is 0 Å². The molecule has 1 N–H and O–H groups in total. The fraction of sp³-hybridized carbons (Fsp3) is 0.923. The van der Waals surface area contributed by atoms with E-state index in [4.69, 9.17) is 4.74 Å². The molecule has 0 aliphatic carbocycles. The zero-order chi connectivity index (χ0) is 15.3. The van der Waals surface area contributed by atoms with Crippen molar-refractivity contribution in [3.05, 3.63) is 0 Å². The number of carbonyl (C=O) groups excluding carboxylic acids is 1. The maximum Gasteiger partial charge on any atom is 0.406 e. The van der Waals surface area contributed by atoms with Gasteiger partial charge in [-0.05, 0) is 18.8 Å². The van der Waals surface area contributed by atoms with Crippen molar-refractivity contribution in [1.82, 2.24) is 10.2 Å². The fourth-order valence-electron chi connectivity index (χ4n) is 2.25. The molecule has 0 saturated carbocycles. The summed E-state index contributed by atoms with van der Waals surface area (Å²) in [5.74, 6) is -0.579. The molecule has 1 saturated heterocycles. The van der Waals surface area contributed by atoms with Gasteiger partial charge in [-0.15, -0.1) is 0 Å². The first-order valence-corrected chi connectivity index (χ1v) is 6.86. The van der Waals surface area contributed by atoms with Gasteiger partial charge in [-0.2, -0.15) is 13.2 Å². The van der Waals surface area contributed by atoms with Crippen molar-refractivity contribution in [1.29, 1.82) is 0 Å². The quantitative estimate of drug-likeness (QED) is 0.841. The SMILES string of the molecule is CC(C)[C@@H](NC1CCOCC1)C(=O)N(C)CC(F)(F)F. The minimum absolute atomic E-state index is 0.0685. The molecule has 20 heavy (non-hydrogen) atoms. The van der Waals surface area contributed by atoms with Gasteiger partial charge in [-0.3, -0.25) is 4.79 Å². The number of hydrogen-bond donors (Lipinski definition) is 1. The summed E-state index contributed by atoms with van der Waals surface area (Å²) in [7, 11) is 1.19. The largest absolute Gasteiger partial charge is 0.406 e. The number of rotatable bonds is 5. The van der Waals surface area contributed by atoms with Gasteiger partial charge in [-0.1, -0.05) is 13.8 Å². The molecule has 1 fully saturated rings. The molecule has 1 aliphatic heterocycles. The molecular weight excluding hydrogens is 273 g/mol. The second kappa shape index (κ2) is 7.26. The Hall–Kier alpha value is -0.820. The lowest BCUT2D eigenvalue weighted by atomic mass is 9.99.